The topological polar surface area (TPSA) is 58.2 Å². The van der Waals surface area contributed by atoms with Gasteiger partial charge in [-0.1, -0.05) is 54.1 Å². The Morgan fingerprint density at radius 3 is 2.07 bits per heavy atom. The summed E-state index contributed by atoms with van der Waals surface area (Å²) in [7, 11) is 0. The lowest BCUT2D eigenvalue weighted by Crippen LogP contribution is -2.33. The van der Waals surface area contributed by atoms with E-state index in [9.17, 15) is 9.59 Å². The van der Waals surface area contributed by atoms with Crippen molar-refractivity contribution in [3.63, 3.8) is 0 Å². The summed E-state index contributed by atoms with van der Waals surface area (Å²) in [6, 6.07) is 24.0. The Kier molecular flexibility index (Phi) is 6.45. The number of benzene rings is 3. The van der Waals surface area contributed by atoms with Crippen molar-refractivity contribution in [1.82, 2.24) is 5.32 Å². The second-order valence-corrected chi connectivity index (χ2v) is 6.89. The van der Waals surface area contributed by atoms with E-state index in [4.69, 9.17) is 11.6 Å². The molecule has 3 aromatic carbocycles. The van der Waals surface area contributed by atoms with Gasteiger partial charge in [0.25, 0.3) is 0 Å². The summed E-state index contributed by atoms with van der Waals surface area (Å²) < 4.78 is 0. The Labute approximate surface area is 169 Å². The summed E-state index contributed by atoms with van der Waals surface area (Å²) in [5.41, 5.74) is 3.36. The fraction of sp³-hybridized carbons (Fsp3) is 0.130. The number of rotatable bonds is 7. The molecule has 0 spiro atoms. The normalized spacial score (nSPS) is 11.5. The molecule has 0 aliphatic carbocycles. The van der Waals surface area contributed by atoms with E-state index in [-0.39, 0.29) is 24.3 Å². The lowest BCUT2D eigenvalue weighted by atomic mass is 9.98. The monoisotopic (exact) mass is 392 g/mol. The molecule has 0 aromatic heterocycles. The van der Waals surface area contributed by atoms with E-state index in [2.05, 4.69) is 10.6 Å². The summed E-state index contributed by atoms with van der Waals surface area (Å²) >= 11 is 6.00. The van der Waals surface area contributed by atoms with Crippen LogP contribution in [0.4, 0.5) is 5.69 Å². The molecule has 4 nitrogen and oxygen atoms in total. The Morgan fingerprint density at radius 2 is 1.46 bits per heavy atom. The molecule has 5 heteroatoms. The minimum atomic E-state index is -0.271. The molecule has 0 heterocycles. The van der Waals surface area contributed by atoms with E-state index in [0.717, 1.165) is 16.8 Å². The lowest BCUT2D eigenvalue weighted by molar-refractivity contribution is -0.119. The molecule has 0 bridgehead atoms. The van der Waals surface area contributed by atoms with Gasteiger partial charge in [-0.2, -0.15) is 0 Å². The molecule has 142 valence electrons. The van der Waals surface area contributed by atoms with Crippen molar-refractivity contribution < 1.29 is 9.59 Å². The second-order valence-electron chi connectivity index (χ2n) is 6.45. The van der Waals surface area contributed by atoms with Crippen molar-refractivity contribution in [1.29, 1.82) is 0 Å². The summed E-state index contributed by atoms with van der Waals surface area (Å²) in [5.74, 6) is -0.127. The van der Waals surface area contributed by atoms with Crippen molar-refractivity contribution in [3.05, 3.63) is 101 Å². The van der Waals surface area contributed by atoms with Crippen LogP contribution in [0.3, 0.4) is 0 Å². The number of ketones is 1. The molecule has 1 amide bonds. The zero-order valence-corrected chi connectivity index (χ0v) is 16.2. The first-order valence-electron chi connectivity index (χ1n) is 8.97. The molecular weight excluding hydrogens is 372 g/mol. The van der Waals surface area contributed by atoms with Crippen molar-refractivity contribution in [2.24, 2.45) is 0 Å². The SMILES string of the molecule is CC(=O)c1ccc(NCC(=O)NC(c2ccccc2)c2ccc(Cl)cc2)cc1. The van der Waals surface area contributed by atoms with Gasteiger partial charge >= 0.3 is 0 Å². The van der Waals surface area contributed by atoms with Crippen LogP contribution in [-0.4, -0.2) is 18.2 Å². The third-order valence-electron chi connectivity index (χ3n) is 4.39. The number of hydrogen-bond acceptors (Lipinski definition) is 3. The standard InChI is InChI=1S/C23H21ClN2O2/c1-16(27)17-9-13-21(14-10-17)25-15-22(28)26-23(18-5-3-2-4-6-18)19-7-11-20(24)12-8-19/h2-14,23,25H,15H2,1H3,(H,26,28). The van der Waals surface area contributed by atoms with Gasteiger partial charge in [0, 0.05) is 16.3 Å². The molecule has 1 atom stereocenters. The third-order valence-corrected chi connectivity index (χ3v) is 4.64. The highest BCUT2D eigenvalue weighted by Crippen LogP contribution is 2.23. The van der Waals surface area contributed by atoms with Crippen molar-refractivity contribution in [3.8, 4) is 0 Å². The first kappa shape index (κ1) is 19.6. The maximum Gasteiger partial charge on any atom is 0.240 e. The van der Waals surface area contributed by atoms with E-state index < -0.39 is 0 Å². The van der Waals surface area contributed by atoms with Gasteiger partial charge in [-0.15, -0.1) is 0 Å². The van der Waals surface area contributed by atoms with Gasteiger partial charge < -0.3 is 10.6 Å². The van der Waals surface area contributed by atoms with Crippen LogP contribution in [0.1, 0.15) is 34.5 Å². The zero-order valence-electron chi connectivity index (χ0n) is 15.5. The molecule has 0 saturated carbocycles. The molecule has 0 aliphatic heterocycles. The largest absolute Gasteiger partial charge is 0.376 e. The molecule has 28 heavy (non-hydrogen) atoms. The highest BCUT2D eigenvalue weighted by Gasteiger charge is 2.16. The number of halogens is 1. The van der Waals surface area contributed by atoms with Crippen LogP contribution in [0.15, 0.2) is 78.9 Å². The van der Waals surface area contributed by atoms with Gasteiger partial charge in [-0.25, -0.2) is 0 Å². The highest BCUT2D eigenvalue weighted by atomic mass is 35.5. The van der Waals surface area contributed by atoms with E-state index in [0.29, 0.717) is 10.6 Å². The van der Waals surface area contributed by atoms with Gasteiger partial charge in [0.2, 0.25) is 5.91 Å². The molecule has 3 aromatic rings. The first-order valence-corrected chi connectivity index (χ1v) is 9.35. The van der Waals surface area contributed by atoms with E-state index in [1.54, 1.807) is 24.3 Å². The molecule has 0 saturated heterocycles. The van der Waals surface area contributed by atoms with Crippen LogP contribution in [0.5, 0.6) is 0 Å². The predicted octanol–water partition coefficient (Wildman–Crippen LogP) is 4.86. The number of carbonyl (C=O) groups is 2. The van der Waals surface area contributed by atoms with Crippen LogP contribution in [-0.2, 0) is 4.79 Å². The summed E-state index contributed by atoms with van der Waals surface area (Å²) in [4.78, 5) is 23.9. The van der Waals surface area contributed by atoms with Crippen molar-refractivity contribution in [2.75, 3.05) is 11.9 Å². The molecule has 2 N–H and O–H groups in total. The number of Topliss-reactive ketones (excluding diaryl/α,β-unsaturated/α-hetero) is 1. The summed E-state index contributed by atoms with van der Waals surface area (Å²) in [5, 5.41) is 6.80. The van der Waals surface area contributed by atoms with Gasteiger partial charge in [0.05, 0.1) is 12.6 Å². The Morgan fingerprint density at radius 1 is 0.857 bits per heavy atom. The fourth-order valence-corrected chi connectivity index (χ4v) is 3.00. The predicted molar refractivity (Wildman–Crippen MR) is 113 cm³/mol. The Balaban J connectivity index is 1.69. The van der Waals surface area contributed by atoms with E-state index >= 15 is 0 Å². The number of amides is 1. The van der Waals surface area contributed by atoms with Gasteiger partial charge in [-0.3, -0.25) is 9.59 Å². The average Bonchev–Trinajstić information content (AvgIpc) is 2.72. The van der Waals surface area contributed by atoms with Crippen LogP contribution in [0, 0.1) is 0 Å². The molecule has 0 radical (unpaired) electrons. The maximum absolute atomic E-state index is 12.6. The number of carbonyl (C=O) groups excluding carboxylic acids is 2. The van der Waals surface area contributed by atoms with Crippen LogP contribution in [0.25, 0.3) is 0 Å². The number of anilines is 1. The zero-order chi connectivity index (χ0) is 19.9. The average molecular weight is 393 g/mol. The molecule has 0 fully saturated rings. The quantitative estimate of drug-likeness (QED) is 0.564. The van der Waals surface area contributed by atoms with Gasteiger partial charge in [0.1, 0.15) is 0 Å². The smallest absolute Gasteiger partial charge is 0.240 e. The maximum atomic E-state index is 12.6. The minimum absolute atomic E-state index is 0.0120. The van der Waals surface area contributed by atoms with Crippen LogP contribution >= 0.6 is 11.6 Å². The number of nitrogens with one attached hydrogen (secondary N) is 2. The summed E-state index contributed by atoms with van der Waals surface area (Å²) in [6.07, 6.45) is 0. The van der Waals surface area contributed by atoms with Gasteiger partial charge in [0.15, 0.2) is 5.78 Å². The van der Waals surface area contributed by atoms with Crippen LogP contribution in [0.2, 0.25) is 5.02 Å². The Bertz CT molecular complexity index is 939. The Hall–Kier alpha value is -3.11. The first-order chi connectivity index (χ1) is 13.5. The van der Waals surface area contributed by atoms with E-state index in [1.165, 1.54) is 6.92 Å². The lowest BCUT2D eigenvalue weighted by Gasteiger charge is -2.20. The molecule has 3 rings (SSSR count). The van der Waals surface area contributed by atoms with Crippen molar-refractivity contribution >= 4 is 29.0 Å². The molecule has 0 aliphatic rings. The summed E-state index contributed by atoms with van der Waals surface area (Å²) in [6.45, 7) is 1.65. The van der Waals surface area contributed by atoms with Gasteiger partial charge in [-0.05, 0) is 54.4 Å². The molecule has 1 unspecified atom stereocenters. The third kappa shape index (κ3) is 5.21. The number of hydrogen-bond donors (Lipinski definition) is 2. The van der Waals surface area contributed by atoms with Crippen LogP contribution < -0.4 is 10.6 Å². The van der Waals surface area contributed by atoms with Crippen molar-refractivity contribution in [2.45, 2.75) is 13.0 Å². The van der Waals surface area contributed by atoms with E-state index in [1.807, 2.05) is 54.6 Å². The highest BCUT2D eigenvalue weighted by molar-refractivity contribution is 6.30. The molecular formula is C23H21ClN2O2. The second kappa shape index (κ2) is 9.20. The minimum Gasteiger partial charge on any atom is -0.376 e. The fourth-order valence-electron chi connectivity index (χ4n) is 2.88.